The maximum Gasteiger partial charge on any atom is 0.374 e. The van der Waals surface area contributed by atoms with Crippen molar-refractivity contribution in [2.45, 2.75) is 20.1 Å². The minimum Gasteiger partial charge on any atom is -0.467 e. The van der Waals surface area contributed by atoms with Crippen molar-refractivity contribution in [1.82, 2.24) is 0 Å². The molecule has 0 bridgehead atoms. The van der Waals surface area contributed by atoms with E-state index in [1.165, 1.54) is 12.1 Å². The summed E-state index contributed by atoms with van der Waals surface area (Å²) in [6.07, 6.45) is 0. The zero-order valence-electron chi connectivity index (χ0n) is 15.3. The largest absolute Gasteiger partial charge is 0.467 e. The number of rotatable bonds is 4. The summed E-state index contributed by atoms with van der Waals surface area (Å²) in [4.78, 5) is 35.3. The normalized spacial score (nSPS) is 12.9. The molecule has 0 saturated carbocycles. The van der Waals surface area contributed by atoms with Crippen LogP contribution in [0.5, 0.6) is 5.75 Å². The predicted octanol–water partition coefficient (Wildman–Crippen LogP) is 3.23. The number of carbonyl (C=O) groups is 1. The Morgan fingerprint density at radius 3 is 2.86 bits per heavy atom. The zero-order valence-corrected chi connectivity index (χ0v) is 15.3. The lowest BCUT2D eigenvalue weighted by Crippen LogP contribution is -2.15. The molecule has 3 aromatic rings. The lowest BCUT2D eigenvalue weighted by molar-refractivity contribution is -0.385. The molecular weight excluding hydrogens is 382 g/mol. The van der Waals surface area contributed by atoms with Crippen LogP contribution in [0.15, 0.2) is 45.6 Å². The number of hydrogen-bond donors (Lipinski definition) is 0. The van der Waals surface area contributed by atoms with Gasteiger partial charge in [0, 0.05) is 29.3 Å². The van der Waals surface area contributed by atoms with Crippen molar-refractivity contribution in [3.63, 3.8) is 0 Å². The van der Waals surface area contributed by atoms with Crippen molar-refractivity contribution in [3.8, 4) is 5.75 Å². The maximum atomic E-state index is 12.4. The van der Waals surface area contributed by atoms with E-state index in [0.717, 1.165) is 11.6 Å². The molecule has 0 fully saturated rings. The number of nitro groups is 1. The fraction of sp³-hybridized carbons (Fsp3) is 0.200. The minimum atomic E-state index is -0.864. The van der Waals surface area contributed by atoms with Crippen LogP contribution in [0.2, 0.25) is 0 Å². The van der Waals surface area contributed by atoms with E-state index >= 15 is 0 Å². The van der Waals surface area contributed by atoms with Crippen LogP contribution in [-0.2, 0) is 22.7 Å². The zero-order chi connectivity index (χ0) is 20.5. The van der Waals surface area contributed by atoms with Crippen LogP contribution in [-0.4, -0.2) is 17.7 Å². The van der Waals surface area contributed by atoms with Crippen molar-refractivity contribution >= 4 is 22.6 Å². The molecule has 0 radical (unpaired) electrons. The predicted molar refractivity (Wildman–Crippen MR) is 99.7 cm³/mol. The molecule has 0 atom stereocenters. The van der Waals surface area contributed by atoms with E-state index in [4.69, 9.17) is 18.6 Å². The Bertz CT molecular complexity index is 1200. The molecular formula is C20H15NO8. The summed E-state index contributed by atoms with van der Waals surface area (Å²) in [5.41, 5.74) is 1.43. The van der Waals surface area contributed by atoms with Crippen molar-refractivity contribution in [2.24, 2.45) is 0 Å². The first-order valence-electron chi connectivity index (χ1n) is 8.65. The third kappa shape index (κ3) is 3.67. The number of non-ortho nitro benzene ring substituents is 1. The van der Waals surface area contributed by atoms with Crippen LogP contribution in [0.4, 0.5) is 5.69 Å². The highest BCUT2D eigenvalue weighted by atomic mass is 16.7. The monoisotopic (exact) mass is 397 g/mol. The van der Waals surface area contributed by atoms with Gasteiger partial charge in [0.05, 0.1) is 16.9 Å². The van der Waals surface area contributed by atoms with Crippen molar-refractivity contribution in [1.29, 1.82) is 0 Å². The van der Waals surface area contributed by atoms with E-state index in [-0.39, 0.29) is 42.5 Å². The lowest BCUT2D eigenvalue weighted by atomic mass is 10.1. The average Bonchev–Trinajstić information content (AvgIpc) is 2.71. The van der Waals surface area contributed by atoms with Gasteiger partial charge in [0.15, 0.2) is 12.2 Å². The maximum absolute atomic E-state index is 12.4. The molecule has 9 heteroatoms. The van der Waals surface area contributed by atoms with E-state index in [0.29, 0.717) is 22.3 Å². The number of esters is 1. The van der Waals surface area contributed by atoms with Crippen LogP contribution < -0.4 is 10.2 Å². The number of benzene rings is 2. The SMILES string of the molecule is Cc1ccc2oc(C(=O)OCc3cc([N+](=O)[O-])cc4c3OCOC4)cc(=O)c2c1. The summed E-state index contributed by atoms with van der Waals surface area (Å²) in [5, 5.41) is 11.5. The first-order valence-corrected chi connectivity index (χ1v) is 8.65. The summed E-state index contributed by atoms with van der Waals surface area (Å²) < 4.78 is 21.3. The molecule has 9 nitrogen and oxygen atoms in total. The second kappa shape index (κ2) is 7.36. The van der Waals surface area contributed by atoms with Crippen LogP contribution in [0, 0.1) is 17.0 Å². The van der Waals surface area contributed by atoms with E-state index in [1.807, 2.05) is 6.92 Å². The fourth-order valence-electron chi connectivity index (χ4n) is 3.08. The Labute approximate surface area is 163 Å². The highest BCUT2D eigenvalue weighted by Crippen LogP contribution is 2.33. The average molecular weight is 397 g/mol. The quantitative estimate of drug-likeness (QED) is 0.374. The summed E-state index contributed by atoms with van der Waals surface area (Å²) in [6.45, 7) is 1.69. The molecule has 0 amide bonds. The third-order valence-corrected chi connectivity index (χ3v) is 4.43. The van der Waals surface area contributed by atoms with Gasteiger partial charge in [-0.15, -0.1) is 0 Å². The van der Waals surface area contributed by atoms with Crippen molar-refractivity contribution in [3.05, 3.63) is 79.2 Å². The van der Waals surface area contributed by atoms with Crippen LogP contribution >= 0.6 is 0 Å². The Morgan fingerprint density at radius 2 is 2.07 bits per heavy atom. The van der Waals surface area contributed by atoms with Crippen molar-refractivity contribution < 1.29 is 28.3 Å². The topological polar surface area (TPSA) is 118 Å². The molecule has 29 heavy (non-hydrogen) atoms. The summed E-state index contributed by atoms with van der Waals surface area (Å²) in [6, 6.07) is 8.73. The molecule has 4 rings (SSSR count). The van der Waals surface area contributed by atoms with Gasteiger partial charge < -0.3 is 18.6 Å². The molecule has 0 spiro atoms. The van der Waals surface area contributed by atoms with Gasteiger partial charge in [-0.05, 0) is 19.1 Å². The van der Waals surface area contributed by atoms with Crippen LogP contribution in [0.25, 0.3) is 11.0 Å². The van der Waals surface area contributed by atoms with Gasteiger partial charge >= 0.3 is 5.97 Å². The minimum absolute atomic E-state index is 0.00920. The fourth-order valence-corrected chi connectivity index (χ4v) is 3.08. The molecule has 0 saturated heterocycles. The molecule has 0 unspecified atom stereocenters. The summed E-state index contributed by atoms with van der Waals surface area (Å²) >= 11 is 0. The molecule has 2 aromatic carbocycles. The second-order valence-corrected chi connectivity index (χ2v) is 6.51. The molecule has 148 valence electrons. The number of nitro benzene ring substituents is 1. The highest BCUT2D eigenvalue weighted by Gasteiger charge is 2.22. The first kappa shape index (κ1) is 18.6. The Hall–Kier alpha value is -3.72. The molecule has 0 aliphatic carbocycles. The van der Waals surface area contributed by atoms with Gasteiger partial charge in [0.1, 0.15) is 17.9 Å². The molecule has 2 heterocycles. The van der Waals surface area contributed by atoms with Gasteiger partial charge in [-0.25, -0.2) is 4.79 Å². The third-order valence-electron chi connectivity index (χ3n) is 4.43. The van der Waals surface area contributed by atoms with Gasteiger partial charge in [-0.2, -0.15) is 0 Å². The number of ether oxygens (including phenoxy) is 3. The van der Waals surface area contributed by atoms with Gasteiger partial charge in [-0.1, -0.05) is 11.6 Å². The molecule has 0 N–H and O–H groups in total. The first-order chi connectivity index (χ1) is 13.9. The Balaban J connectivity index is 1.61. The number of hydrogen-bond acceptors (Lipinski definition) is 8. The van der Waals surface area contributed by atoms with E-state index in [1.54, 1.807) is 18.2 Å². The number of fused-ring (bicyclic) bond motifs is 2. The standard InChI is InChI=1S/C20H15NO8/c1-11-2-3-17-15(4-11)16(22)7-18(29-17)20(23)27-9-13-6-14(21(24)25)5-12-8-26-10-28-19(12)13/h2-7H,8-10H2,1H3. The number of aryl methyl sites for hydroxylation is 1. The molecule has 1 aromatic heterocycles. The van der Waals surface area contributed by atoms with Crippen molar-refractivity contribution in [2.75, 3.05) is 6.79 Å². The number of carbonyl (C=O) groups excluding carboxylic acids is 1. The van der Waals surface area contributed by atoms with E-state index < -0.39 is 10.9 Å². The Morgan fingerprint density at radius 1 is 1.24 bits per heavy atom. The highest BCUT2D eigenvalue weighted by molar-refractivity contribution is 5.89. The van der Waals surface area contributed by atoms with E-state index in [9.17, 15) is 19.7 Å². The summed E-state index contributed by atoms with van der Waals surface area (Å²) in [7, 11) is 0. The van der Waals surface area contributed by atoms with Gasteiger partial charge in [0.2, 0.25) is 5.76 Å². The van der Waals surface area contributed by atoms with Gasteiger partial charge in [-0.3, -0.25) is 14.9 Å². The molecule has 1 aliphatic rings. The van der Waals surface area contributed by atoms with Crippen LogP contribution in [0.3, 0.4) is 0 Å². The molecule has 1 aliphatic heterocycles. The van der Waals surface area contributed by atoms with E-state index in [2.05, 4.69) is 0 Å². The summed E-state index contributed by atoms with van der Waals surface area (Å²) in [5.74, 6) is -0.739. The number of nitrogens with zero attached hydrogens (tertiary/aromatic N) is 1. The lowest BCUT2D eigenvalue weighted by Gasteiger charge is -2.20. The van der Waals surface area contributed by atoms with Crippen LogP contribution in [0.1, 0.15) is 27.2 Å². The Kier molecular flexibility index (Phi) is 4.73. The second-order valence-electron chi connectivity index (χ2n) is 6.51. The van der Waals surface area contributed by atoms with Gasteiger partial charge in [0.25, 0.3) is 5.69 Å². The smallest absolute Gasteiger partial charge is 0.374 e.